The fourth-order valence-electron chi connectivity index (χ4n) is 4.41. The van der Waals surface area contributed by atoms with Gasteiger partial charge in [-0.2, -0.15) is 0 Å². The number of hydrogen-bond donors (Lipinski definition) is 7. The van der Waals surface area contributed by atoms with Gasteiger partial charge in [-0.1, -0.05) is 26.7 Å². The van der Waals surface area contributed by atoms with E-state index in [1.807, 2.05) is 0 Å². The number of carbonyl (C=O) groups excluding carboxylic acids is 8. The Bertz CT molecular complexity index is 1010. The molecule has 0 aromatic carbocycles. The molecular formula is C31H56N8O8. The standard InChI is InChI=1S/C31H56N8O8/c1-21(29(32)45)11-5-8-16-35-26(42)19-39(20-27(43)36-17-9-6-12-22(2)30(33)46)28(44)14-18-37-31(47)25(38-24(4)41)13-7-10-15-34-23(3)40/h21-22,25H,5-20H2,1-4H3,(H2,32,45)(H2,33,46)(H,34,40)(H,35,42)(H,36,43)(H,37,47)(H,38,41)/t21-,22-,25-/m0/s1. The van der Waals surface area contributed by atoms with Crippen LogP contribution in [-0.2, 0) is 38.4 Å². The molecule has 0 radical (unpaired) electrons. The Kier molecular flexibility index (Phi) is 22.7. The SMILES string of the molecule is CC(=O)NCCCC[C@H](NC(C)=O)C(=O)NCCC(=O)N(CC(=O)NCCCC[C@H](C)C(N)=O)CC(=O)NCCCC[C@H](C)C(N)=O. The monoisotopic (exact) mass is 668 g/mol. The van der Waals surface area contributed by atoms with Gasteiger partial charge in [0.2, 0.25) is 47.3 Å². The third kappa shape index (κ3) is 22.8. The Morgan fingerprint density at radius 2 is 1.02 bits per heavy atom. The van der Waals surface area contributed by atoms with E-state index < -0.39 is 35.6 Å². The Balaban J connectivity index is 5.06. The van der Waals surface area contributed by atoms with Crippen molar-refractivity contribution >= 4 is 47.3 Å². The molecule has 16 heteroatoms. The highest BCUT2D eigenvalue weighted by molar-refractivity contribution is 5.90. The van der Waals surface area contributed by atoms with Gasteiger partial charge in [-0.3, -0.25) is 38.4 Å². The van der Waals surface area contributed by atoms with Crippen LogP contribution >= 0.6 is 0 Å². The van der Waals surface area contributed by atoms with Gasteiger partial charge in [0.05, 0.1) is 0 Å². The maximum Gasteiger partial charge on any atom is 0.242 e. The summed E-state index contributed by atoms with van der Waals surface area (Å²) in [5.74, 6) is -3.82. The fraction of sp³-hybridized carbons (Fsp3) is 0.742. The van der Waals surface area contributed by atoms with Crippen molar-refractivity contribution in [1.29, 1.82) is 0 Å². The maximum atomic E-state index is 13.1. The topological polar surface area (TPSA) is 252 Å². The second kappa shape index (κ2) is 24.9. The molecule has 0 aliphatic carbocycles. The lowest BCUT2D eigenvalue weighted by Crippen LogP contribution is -2.48. The Morgan fingerprint density at radius 1 is 0.574 bits per heavy atom. The van der Waals surface area contributed by atoms with Crippen LogP contribution in [0.1, 0.15) is 91.9 Å². The predicted octanol–water partition coefficient (Wildman–Crippen LogP) is -1.05. The summed E-state index contributed by atoms with van der Waals surface area (Å²) in [6.07, 6.45) is 5.01. The predicted molar refractivity (Wildman–Crippen MR) is 175 cm³/mol. The molecule has 47 heavy (non-hydrogen) atoms. The van der Waals surface area contributed by atoms with E-state index in [4.69, 9.17) is 11.5 Å². The van der Waals surface area contributed by atoms with E-state index in [-0.39, 0.29) is 55.6 Å². The summed E-state index contributed by atoms with van der Waals surface area (Å²) in [7, 11) is 0. The van der Waals surface area contributed by atoms with Crippen LogP contribution in [0.5, 0.6) is 0 Å². The average molecular weight is 669 g/mol. The van der Waals surface area contributed by atoms with Crippen molar-refractivity contribution in [3.05, 3.63) is 0 Å². The first-order valence-electron chi connectivity index (χ1n) is 16.3. The number of amides is 8. The summed E-state index contributed by atoms with van der Waals surface area (Å²) in [4.78, 5) is 97.2. The molecule has 0 unspecified atom stereocenters. The van der Waals surface area contributed by atoms with E-state index in [1.165, 1.54) is 13.8 Å². The van der Waals surface area contributed by atoms with Gasteiger partial charge in [0, 0.05) is 58.3 Å². The quantitative estimate of drug-likeness (QED) is 0.0559. The maximum absolute atomic E-state index is 13.1. The zero-order valence-electron chi connectivity index (χ0n) is 28.4. The minimum atomic E-state index is -0.829. The number of primary amides is 2. The highest BCUT2D eigenvalue weighted by atomic mass is 16.2. The Hall–Kier alpha value is -4.24. The lowest BCUT2D eigenvalue weighted by Gasteiger charge is -2.23. The van der Waals surface area contributed by atoms with Gasteiger partial charge in [-0.25, -0.2) is 0 Å². The largest absolute Gasteiger partial charge is 0.369 e. The summed E-state index contributed by atoms with van der Waals surface area (Å²) >= 11 is 0. The molecule has 0 heterocycles. The van der Waals surface area contributed by atoms with Crippen LogP contribution in [0.4, 0.5) is 0 Å². The van der Waals surface area contributed by atoms with E-state index in [2.05, 4.69) is 26.6 Å². The fourth-order valence-corrected chi connectivity index (χ4v) is 4.41. The van der Waals surface area contributed by atoms with Crippen molar-refractivity contribution in [2.24, 2.45) is 23.3 Å². The summed E-state index contributed by atoms with van der Waals surface area (Å²) in [6.45, 7) is 6.39. The molecule has 268 valence electrons. The van der Waals surface area contributed by atoms with Crippen LogP contribution in [0, 0.1) is 11.8 Å². The summed E-state index contributed by atoms with van der Waals surface area (Å²) in [6, 6.07) is -0.829. The molecule has 0 saturated carbocycles. The van der Waals surface area contributed by atoms with E-state index in [9.17, 15) is 38.4 Å². The highest BCUT2D eigenvalue weighted by Crippen LogP contribution is 2.07. The van der Waals surface area contributed by atoms with Crippen LogP contribution in [-0.4, -0.2) is 97.5 Å². The van der Waals surface area contributed by atoms with Crippen LogP contribution in [0.2, 0.25) is 0 Å². The lowest BCUT2D eigenvalue weighted by molar-refractivity contribution is -0.139. The van der Waals surface area contributed by atoms with Crippen LogP contribution in [0.25, 0.3) is 0 Å². The Labute approximate surface area is 277 Å². The van der Waals surface area contributed by atoms with Crippen LogP contribution < -0.4 is 38.1 Å². The minimum Gasteiger partial charge on any atom is -0.369 e. The number of unbranched alkanes of at least 4 members (excludes halogenated alkanes) is 3. The first kappa shape index (κ1) is 42.8. The van der Waals surface area contributed by atoms with Gasteiger partial charge < -0.3 is 43.0 Å². The summed E-state index contributed by atoms with van der Waals surface area (Å²) < 4.78 is 0. The van der Waals surface area contributed by atoms with Crippen molar-refractivity contribution in [2.75, 3.05) is 39.3 Å². The molecule has 9 N–H and O–H groups in total. The van der Waals surface area contributed by atoms with Gasteiger partial charge in [-0.15, -0.1) is 0 Å². The zero-order valence-corrected chi connectivity index (χ0v) is 28.4. The number of carbonyl (C=O) groups is 8. The molecule has 0 aromatic rings. The molecule has 0 spiro atoms. The normalized spacial score (nSPS) is 12.5. The van der Waals surface area contributed by atoms with Crippen LogP contribution in [0.15, 0.2) is 0 Å². The minimum absolute atomic E-state index is 0.0878. The second-order valence-electron chi connectivity index (χ2n) is 11.8. The molecule has 0 aliphatic heterocycles. The van der Waals surface area contributed by atoms with E-state index >= 15 is 0 Å². The first-order valence-corrected chi connectivity index (χ1v) is 16.3. The van der Waals surface area contributed by atoms with Crippen molar-refractivity contribution < 1.29 is 38.4 Å². The number of rotatable bonds is 26. The molecule has 0 bridgehead atoms. The summed E-state index contributed by atoms with van der Waals surface area (Å²) in [5, 5.41) is 13.3. The number of nitrogens with two attached hydrogens (primary N) is 2. The molecule has 0 aromatic heterocycles. The zero-order chi connectivity index (χ0) is 35.8. The second-order valence-corrected chi connectivity index (χ2v) is 11.8. The number of nitrogens with zero attached hydrogens (tertiary/aromatic N) is 1. The molecule has 0 fully saturated rings. The van der Waals surface area contributed by atoms with E-state index in [0.717, 1.165) is 4.90 Å². The molecule has 0 saturated heterocycles. The third-order valence-corrected chi connectivity index (χ3v) is 7.39. The van der Waals surface area contributed by atoms with Crippen molar-refractivity contribution in [3.63, 3.8) is 0 Å². The smallest absolute Gasteiger partial charge is 0.242 e. The third-order valence-electron chi connectivity index (χ3n) is 7.39. The van der Waals surface area contributed by atoms with E-state index in [0.29, 0.717) is 77.4 Å². The van der Waals surface area contributed by atoms with Crippen molar-refractivity contribution in [3.8, 4) is 0 Å². The van der Waals surface area contributed by atoms with Gasteiger partial charge in [0.15, 0.2) is 0 Å². The molecule has 0 rings (SSSR count). The van der Waals surface area contributed by atoms with Crippen molar-refractivity contribution in [1.82, 2.24) is 31.5 Å². The van der Waals surface area contributed by atoms with Gasteiger partial charge in [-0.05, 0) is 44.9 Å². The van der Waals surface area contributed by atoms with Gasteiger partial charge >= 0.3 is 0 Å². The molecular weight excluding hydrogens is 612 g/mol. The van der Waals surface area contributed by atoms with Gasteiger partial charge in [0.1, 0.15) is 19.1 Å². The molecule has 16 nitrogen and oxygen atoms in total. The number of hydrogen-bond acceptors (Lipinski definition) is 8. The highest BCUT2D eigenvalue weighted by Gasteiger charge is 2.22. The van der Waals surface area contributed by atoms with Crippen molar-refractivity contribution in [2.45, 2.75) is 97.9 Å². The van der Waals surface area contributed by atoms with E-state index in [1.54, 1.807) is 13.8 Å². The van der Waals surface area contributed by atoms with Crippen LogP contribution in [0.3, 0.4) is 0 Å². The molecule has 0 aliphatic rings. The Morgan fingerprint density at radius 3 is 1.45 bits per heavy atom. The first-order chi connectivity index (χ1) is 22.1. The number of nitrogens with one attached hydrogen (secondary N) is 5. The molecule has 3 atom stereocenters. The average Bonchev–Trinajstić information content (AvgIpc) is 2.98. The summed E-state index contributed by atoms with van der Waals surface area (Å²) in [5.41, 5.74) is 10.5. The van der Waals surface area contributed by atoms with Gasteiger partial charge in [0.25, 0.3) is 0 Å². The molecule has 8 amide bonds. The lowest BCUT2D eigenvalue weighted by atomic mass is 10.0.